The first kappa shape index (κ1) is 13.1. The van der Waals surface area contributed by atoms with Crippen molar-refractivity contribution in [3.63, 3.8) is 0 Å². The lowest BCUT2D eigenvalue weighted by molar-refractivity contribution is 1.18. The molecule has 0 radical (unpaired) electrons. The van der Waals surface area contributed by atoms with E-state index in [-0.39, 0.29) is 0 Å². The van der Waals surface area contributed by atoms with E-state index in [9.17, 15) is 0 Å². The van der Waals surface area contributed by atoms with Crippen LogP contribution in [0.4, 0.5) is 17.5 Å². The summed E-state index contributed by atoms with van der Waals surface area (Å²) in [5.74, 6) is 0.962. The van der Waals surface area contributed by atoms with Crippen LogP contribution in [0, 0.1) is 6.92 Å². The lowest BCUT2D eigenvalue weighted by Crippen LogP contribution is -2.02. The molecule has 0 unspecified atom stereocenters. The highest BCUT2D eigenvalue weighted by molar-refractivity contribution is 5.74. The van der Waals surface area contributed by atoms with Gasteiger partial charge in [0.25, 0.3) is 0 Å². The van der Waals surface area contributed by atoms with Gasteiger partial charge in [-0.25, -0.2) is 4.98 Å². The average molecular weight is 276 g/mol. The van der Waals surface area contributed by atoms with Crippen molar-refractivity contribution in [2.75, 3.05) is 11.1 Å². The molecule has 3 rings (SSSR count). The fourth-order valence-corrected chi connectivity index (χ4v) is 2.14. The number of hydrogen-bond acceptors (Lipinski definition) is 4. The molecule has 1 heterocycles. The molecule has 0 amide bonds. The predicted molar refractivity (Wildman–Crippen MR) is 86.3 cm³/mol. The van der Waals surface area contributed by atoms with Gasteiger partial charge < -0.3 is 11.1 Å². The van der Waals surface area contributed by atoms with Crippen molar-refractivity contribution in [3.8, 4) is 11.1 Å². The van der Waals surface area contributed by atoms with Gasteiger partial charge in [0.2, 0.25) is 5.95 Å². The summed E-state index contributed by atoms with van der Waals surface area (Å²) in [4.78, 5) is 8.67. The number of nitrogens with one attached hydrogen (secondary N) is 1. The van der Waals surface area contributed by atoms with Crippen LogP contribution >= 0.6 is 0 Å². The smallest absolute Gasteiger partial charge is 0.229 e. The fraction of sp³-hybridized carbons (Fsp3) is 0.0588. The maximum absolute atomic E-state index is 6.07. The van der Waals surface area contributed by atoms with E-state index in [4.69, 9.17) is 5.73 Å². The van der Waals surface area contributed by atoms with Gasteiger partial charge in [-0.3, -0.25) is 0 Å². The van der Waals surface area contributed by atoms with Crippen LogP contribution in [0.5, 0.6) is 0 Å². The number of rotatable bonds is 3. The zero-order chi connectivity index (χ0) is 14.7. The van der Waals surface area contributed by atoms with Crippen LogP contribution in [0.3, 0.4) is 0 Å². The molecule has 2 aromatic carbocycles. The first-order valence-electron chi connectivity index (χ1n) is 6.74. The predicted octanol–water partition coefficient (Wildman–Crippen LogP) is 3.78. The Bertz CT molecular complexity index is 754. The third-order valence-electron chi connectivity index (χ3n) is 3.18. The van der Waals surface area contributed by atoms with E-state index >= 15 is 0 Å². The molecular formula is C17H16N4. The molecule has 0 saturated heterocycles. The van der Waals surface area contributed by atoms with E-state index in [1.165, 1.54) is 5.56 Å². The van der Waals surface area contributed by atoms with Crippen molar-refractivity contribution >= 4 is 17.5 Å². The summed E-state index contributed by atoms with van der Waals surface area (Å²) in [5, 5.41) is 3.13. The Morgan fingerprint density at radius 3 is 2.52 bits per heavy atom. The molecule has 4 heteroatoms. The van der Waals surface area contributed by atoms with Gasteiger partial charge in [0, 0.05) is 17.4 Å². The summed E-state index contributed by atoms with van der Waals surface area (Å²) in [7, 11) is 0. The number of hydrogen-bond donors (Lipinski definition) is 2. The molecule has 0 aliphatic rings. The van der Waals surface area contributed by atoms with Gasteiger partial charge in [0.1, 0.15) is 5.82 Å². The van der Waals surface area contributed by atoms with Crippen LogP contribution in [-0.4, -0.2) is 9.97 Å². The Balaban J connectivity index is 1.90. The average Bonchev–Trinajstić information content (AvgIpc) is 2.48. The molecule has 0 atom stereocenters. The van der Waals surface area contributed by atoms with E-state index < -0.39 is 0 Å². The largest absolute Gasteiger partial charge is 0.383 e. The zero-order valence-corrected chi connectivity index (χ0v) is 11.7. The van der Waals surface area contributed by atoms with Gasteiger partial charge in [-0.1, -0.05) is 48.0 Å². The van der Waals surface area contributed by atoms with Gasteiger partial charge >= 0.3 is 0 Å². The van der Waals surface area contributed by atoms with E-state index in [1.807, 2.05) is 55.5 Å². The van der Waals surface area contributed by atoms with Crippen molar-refractivity contribution in [2.45, 2.75) is 6.92 Å². The molecule has 21 heavy (non-hydrogen) atoms. The number of nitrogen functional groups attached to an aromatic ring is 1. The molecular weight excluding hydrogens is 260 g/mol. The van der Waals surface area contributed by atoms with Crippen molar-refractivity contribution in [2.24, 2.45) is 0 Å². The van der Waals surface area contributed by atoms with Gasteiger partial charge in [-0.05, 0) is 24.6 Å². The van der Waals surface area contributed by atoms with E-state index in [1.54, 1.807) is 6.20 Å². The van der Waals surface area contributed by atoms with Crippen molar-refractivity contribution in [3.05, 3.63) is 66.4 Å². The number of aryl methyl sites for hydroxylation is 1. The van der Waals surface area contributed by atoms with Crippen LogP contribution in [0.15, 0.2) is 60.8 Å². The molecule has 0 saturated carbocycles. The maximum Gasteiger partial charge on any atom is 0.229 e. The van der Waals surface area contributed by atoms with Crippen molar-refractivity contribution < 1.29 is 0 Å². The third-order valence-corrected chi connectivity index (χ3v) is 3.18. The molecule has 0 fully saturated rings. The third kappa shape index (κ3) is 3.00. The Morgan fingerprint density at radius 2 is 1.81 bits per heavy atom. The number of benzene rings is 2. The standard InChI is InChI=1S/C17H16N4/c1-12-6-5-7-13(10-12)15-11-19-17(21-16(15)18)20-14-8-3-2-4-9-14/h2-11H,1H3,(H3,18,19,20,21). The fourth-order valence-electron chi connectivity index (χ4n) is 2.14. The topological polar surface area (TPSA) is 63.8 Å². The number of nitrogens with two attached hydrogens (primary N) is 1. The zero-order valence-electron chi connectivity index (χ0n) is 11.7. The van der Waals surface area contributed by atoms with Crippen molar-refractivity contribution in [1.82, 2.24) is 9.97 Å². The van der Waals surface area contributed by atoms with E-state index in [0.717, 1.165) is 16.8 Å². The quantitative estimate of drug-likeness (QED) is 0.764. The minimum absolute atomic E-state index is 0.467. The van der Waals surface area contributed by atoms with Gasteiger partial charge in [0.05, 0.1) is 0 Å². The summed E-state index contributed by atoms with van der Waals surface area (Å²) in [6.07, 6.45) is 1.75. The highest BCUT2D eigenvalue weighted by atomic mass is 15.1. The molecule has 3 N–H and O–H groups in total. The Kier molecular flexibility index (Phi) is 3.51. The van der Waals surface area contributed by atoms with Crippen molar-refractivity contribution in [1.29, 1.82) is 0 Å². The first-order chi connectivity index (χ1) is 10.2. The molecule has 0 aliphatic heterocycles. The number of aromatic nitrogens is 2. The number of nitrogens with zero attached hydrogens (tertiary/aromatic N) is 2. The number of para-hydroxylation sites is 1. The lowest BCUT2D eigenvalue weighted by Gasteiger charge is -2.09. The highest BCUT2D eigenvalue weighted by Crippen LogP contribution is 2.25. The summed E-state index contributed by atoms with van der Waals surface area (Å²) in [6.45, 7) is 2.05. The molecule has 0 spiro atoms. The molecule has 0 bridgehead atoms. The second-order valence-corrected chi connectivity index (χ2v) is 4.85. The number of anilines is 3. The summed E-state index contributed by atoms with van der Waals surface area (Å²) in [5.41, 5.74) is 10.0. The molecule has 104 valence electrons. The van der Waals surface area contributed by atoms with Crippen LogP contribution < -0.4 is 11.1 Å². The first-order valence-corrected chi connectivity index (χ1v) is 6.74. The van der Waals surface area contributed by atoms with Crippen LogP contribution in [0.2, 0.25) is 0 Å². The molecule has 4 nitrogen and oxygen atoms in total. The maximum atomic E-state index is 6.07. The highest BCUT2D eigenvalue weighted by Gasteiger charge is 2.07. The van der Waals surface area contributed by atoms with Gasteiger partial charge in [0.15, 0.2) is 0 Å². The van der Waals surface area contributed by atoms with E-state index in [0.29, 0.717) is 11.8 Å². The minimum atomic E-state index is 0.467. The summed E-state index contributed by atoms with van der Waals surface area (Å²) >= 11 is 0. The molecule has 1 aromatic heterocycles. The Labute approximate surface area is 123 Å². The monoisotopic (exact) mass is 276 g/mol. The van der Waals surface area contributed by atoms with Crippen LogP contribution in [-0.2, 0) is 0 Å². The molecule has 3 aromatic rings. The Morgan fingerprint density at radius 1 is 1.00 bits per heavy atom. The summed E-state index contributed by atoms with van der Waals surface area (Å²) in [6, 6.07) is 17.9. The normalized spacial score (nSPS) is 10.3. The van der Waals surface area contributed by atoms with Gasteiger partial charge in [-0.2, -0.15) is 4.98 Å². The van der Waals surface area contributed by atoms with Crippen LogP contribution in [0.25, 0.3) is 11.1 Å². The Hall–Kier alpha value is -2.88. The second kappa shape index (κ2) is 5.63. The van der Waals surface area contributed by atoms with E-state index in [2.05, 4.69) is 21.4 Å². The minimum Gasteiger partial charge on any atom is -0.383 e. The second-order valence-electron chi connectivity index (χ2n) is 4.85. The lowest BCUT2D eigenvalue weighted by atomic mass is 10.1. The van der Waals surface area contributed by atoms with Crippen LogP contribution in [0.1, 0.15) is 5.56 Å². The SMILES string of the molecule is Cc1cccc(-c2cnc(Nc3ccccc3)nc2N)c1. The molecule has 0 aliphatic carbocycles. The summed E-state index contributed by atoms with van der Waals surface area (Å²) < 4.78 is 0. The van der Waals surface area contributed by atoms with Gasteiger partial charge in [-0.15, -0.1) is 0 Å².